The lowest BCUT2D eigenvalue weighted by molar-refractivity contribution is -0.160. The molecular formula is C31H35O5P. The highest BCUT2D eigenvalue weighted by Gasteiger charge is 2.33. The molecule has 0 saturated heterocycles. The third-order valence-electron chi connectivity index (χ3n) is 6.60. The minimum Gasteiger partial charge on any atom is -0.507 e. The Morgan fingerprint density at radius 3 is 2.43 bits per heavy atom. The second-order valence-electron chi connectivity index (χ2n) is 10.5. The average Bonchev–Trinajstić information content (AvgIpc) is 2.85. The first-order valence-electron chi connectivity index (χ1n) is 12.5. The molecule has 5 nitrogen and oxygen atoms in total. The van der Waals surface area contributed by atoms with E-state index in [-0.39, 0.29) is 5.75 Å². The summed E-state index contributed by atoms with van der Waals surface area (Å²) in [6, 6.07) is 14.0. The topological polar surface area (TPSA) is 76.0 Å². The number of carboxylic acids is 1. The van der Waals surface area contributed by atoms with Crippen LogP contribution in [-0.2, 0) is 16.0 Å². The molecule has 1 aliphatic heterocycles. The van der Waals surface area contributed by atoms with Gasteiger partial charge in [-0.2, -0.15) is 0 Å². The molecular weight excluding hydrogens is 483 g/mol. The first-order valence-corrected chi connectivity index (χ1v) is 13.1. The zero-order chi connectivity index (χ0) is 26.9. The van der Waals surface area contributed by atoms with E-state index in [1.165, 1.54) is 0 Å². The average molecular weight is 519 g/mol. The molecule has 6 heteroatoms. The number of ether oxygens (including phenoxy) is 2. The summed E-state index contributed by atoms with van der Waals surface area (Å²) >= 11 is 0. The van der Waals surface area contributed by atoms with Crippen LogP contribution in [0.25, 0.3) is 23.3 Å². The smallest absolute Gasteiger partial charge is 0.337 e. The fraction of sp³-hybridized carbons (Fsp3) is 0.323. The van der Waals surface area contributed by atoms with Crippen molar-refractivity contribution in [1.82, 2.24) is 0 Å². The van der Waals surface area contributed by atoms with Crippen LogP contribution in [0.1, 0.15) is 66.7 Å². The van der Waals surface area contributed by atoms with Crippen molar-refractivity contribution >= 4 is 32.7 Å². The van der Waals surface area contributed by atoms with Gasteiger partial charge in [0.15, 0.2) is 6.10 Å². The van der Waals surface area contributed by atoms with Crippen LogP contribution in [0.5, 0.6) is 11.5 Å². The van der Waals surface area contributed by atoms with Crippen molar-refractivity contribution in [2.24, 2.45) is 0 Å². The number of carboxylic acid groups (broad SMARTS) is 1. The van der Waals surface area contributed by atoms with Crippen LogP contribution < -0.4 is 10.0 Å². The van der Waals surface area contributed by atoms with Crippen molar-refractivity contribution in [3.8, 4) is 22.6 Å². The van der Waals surface area contributed by atoms with E-state index < -0.39 is 17.7 Å². The maximum Gasteiger partial charge on any atom is 0.337 e. The largest absolute Gasteiger partial charge is 0.507 e. The van der Waals surface area contributed by atoms with Crippen LogP contribution in [0, 0.1) is 13.8 Å². The molecule has 0 radical (unpaired) electrons. The van der Waals surface area contributed by atoms with Crippen LogP contribution in [0.2, 0.25) is 0 Å². The van der Waals surface area contributed by atoms with Gasteiger partial charge in [-0.1, -0.05) is 42.5 Å². The quantitative estimate of drug-likeness (QED) is 0.284. The van der Waals surface area contributed by atoms with E-state index in [2.05, 4.69) is 15.3 Å². The van der Waals surface area contributed by atoms with Crippen molar-refractivity contribution in [3.63, 3.8) is 0 Å². The van der Waals surface area contributed by atoms with E-state index in [0.29, 0.717) is 23.3 Å². The van der Waals surface area contributed by atoms with E-state index in [4.69, 9.17) is 9.47 Å². The summed E-state index contributed by atoms with van der Waals surface area (Å²) in [5.74, 6) is -0.177. The van der Waals surface area contributed by atoms with Gasteiger partial charge in [-0.25, -0.2) is 4.79 Å². The van der Waals surface area contributed by atoms with Crippen molar-refractivity contribution in [2.75, 3.05) is 6.61 Å². The van der Waals surface area contributed by atoms with E-state index in [1.54, 1.807) is 6.92 Å². The molecule has 0 spiro atoms. The third kappa shape index (κ3) is 5.89. The van der Waals surface area contributed by atoms with Crippen molar-refractivity contribution < 1.29 is 24.5 Å². The number of aryl methyl sites for hydroxylation is 1. The Morgan fingerprint density at radius 2 is 1.78 bits per heavy atom. The number of hydrogen-bond acceptors (Lipinski definition) is 4. The standard InChI is InChI=1S/C31H35O5P/c1-18-24(14-10-20-8-12-23(37)13-9-20)28(32)19(2)27(29(30(33)34)36-31(3,4)5)26(18)22-11-15-25-21(17-22)7-6-16-35-25/h8-15,17,29,32H,6-7,16,37H2,1-5H3,(H,33,34)/b14-10+. The molecule has 2 N–H and O–H groups in total. The number of aliphatic carboxylic acids is 1. The summed E-state index contributed by atoms with van der Waals surface area (Å²) in [5, 5.41) is 22.7. The molecule has 0 aliphatic carbocycles. The molecule has 37 heavy (non-hydrogen) atoms. The molecule has 0 aromatic heterocycles. The van der Waals surface area contributed by atoms with E-state index in [0.717, 1.165) is 51.7 Å². The fourth-order valence-corrected chi connectivity index (χ4v) is 5.02. The Morgan fingerprint density at radius 1 is 1.08 bits per heavy atom. The summed E-state index contributed by atoms with van der Waals surface area (Å²) in [7, 11) is 2.67. The Bertz CT molecular complexity index is 1350. The van der Waals surface area contributed by atoms with Gasteiger partial charge < -0.3 is 19.7 Å². The highest BCUT2D eigenvalue weighted by atomic mass is 31.0. The van der Waals surface area contributed by atoms with Crippen molar-refractivity contribution in [1.29, 1.82) is 0 Å². The summed E-state index contributed by atoms with van der Waals surface area (Å²) in [4.78, 5) is 12.5. The molecule has 3 aromatic carbocycles. The maximum absolute atomic E-state index is 12.5. The second kappa shape index (κ2) is 10.7. The fourth-order valence-electron chi connectivity index (χ4n) is 4.82. The number of phenols is 1. The molecule has 2 atom stereocenters. The highest BCUT2D eigenvalue weighted by molar-refractivity contribution is 7.27. The Balaban J connectivity index is 1.97. The first kappa shape index (κ1) is 26.9. The summed E-state index contributed by atoms with van der Waals surface area (Å²) in [5.41, 5.74) is 5.44. The van der Waals surface area contributed by atoms with Crippen LogP contribution in [0.3, 0.4) is 0 Å². The SMILES string of the molecule is Cc1c(/C=C/c2ccc(P)cc2)c(O)c(C)c(C(OC(C)(C)C)C(=O)O)c1-c1ccc2c(c1)CCCO2. The van der Waals surface area contributed by atoms with Crippen molar-refractivity contribution in [2.45, 2.75) is 59.2 Å². The number of fused-ring (bicyclic) bond motifs is 1. The van der Waals surface area contributed by atoms with Gasteiger partial charge in [-0.05, 0) is 98.3 Å². The summed E-state index contributed by atoms with van der Waals surface area (Å²) < 4.78 is 11.9. The lowest BCUT2D eigenvalue weighted by Gasteiger charge is -2.30. The van der Waals surface area contributed by atoms with Gasteiger partial charge in [0.25, 0.3) is 0 Å². The van der Waals surface area contributed by atoms with Gasteiger partial charge in [0.2, 0.25) is 0 Å². The molecule has 0 saturated carbocycles. The molecule has 2 unspecified atom stereocenters. The molecule has 4 rings (SSSR count). The molecule has 3 aromatic rings. The maximum atomic E-state index is 12.5. The lowest BCUT2D eigenvalue weighted by atomic mass is 9.84. The minimum atomic E-state index is -1.25. The summed E-state index contributed by atoms with van der Waals surface area (Å²) in [6.45, 7) is 9.88. The number of benzene rings is 3. The lowest BCUT2D eigenvalue weighted by Crippen LogP contribution is -2.28. The molecule has 0 amide bonds. The molecule has 1 heterocycles. The molecule has 194 valence electrons. The van der Waals surface area contributed by atoms with Gasteiger partial charge in [-0.3, -0.25) is 0 Å². The van der Waals surface area contributed by atoms with Gasteiger partial charge in [0.1, 0.15) is 11.5 Å². The monoisotopic (exact) mass is 518 g/mol. The predicted molar refractivity (Wildman–Crippen MR) is 153 cm³/mol. The van der Waals surface area contributed by atoms with E-state index in [1.807, 2.05) is 76.2 Å². The van der Waals surface area contributed by atoms with Gasteiger partial charge >= 0.3 is 5.97 Å². The number of hydrogen-bond donors (Lipinski definition) is 2. The molecule has 0 fully saturated rings. The van der Waals surface area contributed by atoms with Crippen LogP contribution in [0.4, 0.5) is 0 Å². The van der Waals surface area contributed by atoms with E-state index >= 15 is 0 Å². The van der Waals surface area contributed by atoms with E-state index in [9.17, 15) is 15.0 Å². The zero-order valence-electron chi connectivity index (χ0n) is 22.1. The second-order valence-corrected chi connectivity index (χ2v) is 11.2. The third-order valence-corrected chi connectivity index (χ3v) is 6.98. The van der Waals surface area contributed by atoms with Crippen molar-refractivity contribution in [3.05, 3.63) is 75.8 Å². The van der Waals surface area contributed by atoms with Crippen LogP contribution >= 0.6 is 9.24 Å². The predicted octanol–water partition coefficient (Wildman–Crippen LogP) is 6.61. The highest BCUT2D eigenvalue weighted by Crippen LogP contribution is 2.45. The molecule has 0 bridgehead atoms. The number of rotatable bonds is 6. The summed E-state index contributed by atoms with van der Waals surface area (Å²) in [6.07, 6.45) is 4.43. The number of aromatic hydroxyl groups is 1. The normalized spacial score (nSPS) is 14.3. The Labute approximate surface area is 221 Å². The zero-order valence-corrected chi connectivity index (χ0v) is 23.2. The van der Waals surface area contributed by atoms with Crippen LogP contribution in [0.15, 0.2) is 42.5 Å². The Kier molecular flexibility index (Phi) is 7.77. The molecule has 1 aliphatic rings. The number of carbonyl (C=O) groups is 1. The van der Waals surface area contributed by atoms with Gasteiger partial charge in [0, 0.05) is 11.1 Å². The number of phenolic OH excluding ortho intramolecular Hbond substituents is 1. The van der Waals surface area contributed by atoms with Gasteiger partial charge in [0.05, 0.1) is 12.2 Å². The first-order chi connectivity index (χ1) is 17.5. The Hall–Kier alpha value is -3.14. The minimum absolute atomic E-state index is 0.0558. The van der Waals surface area contributed by atoms with Gasteiger partial charge in [-0.15, -0.1) is 9.24 Å². The van der Waals surface area contributed by atoms with Crippen LogP contribution in [-0.4, -0.2) is 28.4 Å².